The predicted octanol–water partition coefficient (Wildman–Crippen LogP) is 2.82. The summed E-state index contributed by atoms with van der Waals surface area (Å²) in [5.41, 5.74) is -1.03. The van der Waals surface area contributed by atoms with Gasteiger partial charge in [-0.1, -0.05) is 33.3 Å². The van der Waals surface area contributed by atoms with Crippen LogP contribution >= 0.6 is 0 Å². The Balaban J connectivity index is 2.33. The fourth-order valence-corrected chi connectivity index (χ4v) is 5.85. The number of hydrogen-bond donors (Lipinski definition) is 3. The van der Waals surface area contributed by atoms with E-state index in [1.54, 1.807) is 0 Å². The van der Waals surface area contributed by atoms with E-state index in [-0.39, 0.29) is 17.8 Å². The van der Waals surface area contributed by atoms with E-state index in [1.807, 2.05) is 20.8 Å². The minimum absolute atomic E-state index is 0.0907. The van der Waals surface area contributed by atoms with Gasteiger partial charge in [-0.3, -0.25) is 0 Å². The minimum atomic E-state index is -0.959. The van der Waals surface area contributed by atoms with Gasteiger partial charge in [0.1, 0.15) is 0 Å². The Morgan fingerprint density at radius 1 is 1.23 bits per heavy atom. The Labute approximate surface area is 157 Å². The molecule has 0 aromatic heterocycles. The number of carbonyl (C=O) groups excluding carboxylic acids is 1. The first-order valence-corrected chi connectivity index (χ1v) is 9.73. The highest BCUT2D eigenvalue weighted by atomic mass is 16.5. The van der Waals surface area contributed by atoms with Gasteiger partial charge in [-0.05, 0) is 56.3 Å². The number of aliphatic hydroxyl groups excluding tert-OH is 2. The number of rotatable bonds is 4. The van der Waals surface area contributed by atoms with Gasteiger partial charge in [0.15, 0.2) is 0 Å². The highest BCUT2D eigenvalue weighted by Crippen LogP contribution is 2.63. The molecular weight excluding hydrogens is 332 g/mol. The summed E-state index contributed by atoms with van der Waals surface area (Å²) in [4.78, 5) is 11.5. The maximum Gasteiger partial charge on any atom is 0.330 e. The molecule has 0 spiro atoms. The summed E-state index contributed by atoms with van der Waals surface area (Å²) in [5, 5.41) is 32.9. The molecule has 3 N–H and O–H groups in total. The first kappa shape index (κ1) is 21.4. The third-order valence-corrected chi connectivity index (χ3v) is 7.59. The Bertz CT molecular complexity index is 569. The van der Waals surface area contributed by atoms with Crippen LogP contribution in [0.15, 0.2) is 11.6 Å². The lowest BCUT2D eigenvalue weighted by Gasteiger charge is -2.65. The Hall–Kier alpha value is -0.910. The predicted molar refractivity (Wildman–Crippen MR) is 100 cm³/mol. The van der Waals surface area contributed by atoms with Crippen LogP contribution in [-0.4, -0.2) is 46.2 Å². The maximum absolute atomic E-state index is 11.8. The molecule has 2 fully saturated rings. The molecule has 2 saturated carbocycles. The number of methoxy groups -OCH3 is 1. The van der Waals surface area contributed by atoms with Gasteiger partial charge in [-0.15, -0.1) is 0 Å². The van der Waals surface area contributed by atoms with Gasteiger partial charge in [-0.25, -0.2) is 4.79 Å². The monoisotopic (exact) mass is 368 g/mol. The van der Waals surface area contributed by atoms with Crippen LogP contribution in [0.5, 0.6) is 0 Å². The van der Waals surface area contributed by atoms with Crippen LogP contribution in [0.4, 0.5) is 0 Å². The van der Waals surface area contributed by atoms with Crippen molar-refractivity contribution in [1.82, 2.24) is 0 Å². The minimum Gasteiger partial charge on any atom is -0.466 e. The maximum atomic E-state index is 11.8. The van der Waals surface area contributed by atoms with E-state index in [4.69, 9.17) is 0 Å². The number of fused-ring (bicyclic) bond motifs is 1. The van der Waals surface area contributed by atoms with Gasteiger partial charge in [0.2, 0.25) is 0 Å². The van der Waals surface area contributed by atoms with E-state index < -0.39 is 28.6 Å². The van der Waals surface area contributed by atoms with Crippen molar-refractivity contribution in [2.24, 2.45) is 22.7 Å². The molecule has 0 aromatic rings. The molecule has 2 rings (SSSR count). The van der Waals surface area contributed by atoms with E-state index in [1.165, 1.54) is 13.2 Å². The Morgan fingerprint density at radius 2 is 1.85 bits per heavy atom. The van der Waals surface area contributed by atoms with Crippen molar-refractivity contribution in [3.05, 3.63) is 11.6 Å². The lowest BCUT2D eigenvalue weighted by molar-refractivity contribution is -0.256. The van der Waals surface area contributed by atoms with Crippen LogP contribution in [-0.2, 0) is 9.53 Å². The third kappa shape index (κ3) is 3.34. The topological polar surface area (TPSA) is 87.0 Å². The molecule has 0 amide bonds. The zero-order valence-electron chi connectivity index (χ0n) is 17.1. The second kappa shape index (κ2) is 7.25. The SMILES string of the molecule is COC(=O)/C=C(/C)CC[C@]1(O)[C@H](C)CC[C@H]2C(C)(C)[C@H](O)[C@H](O)C[C@@]21C. The van der Waals surface area contributed by atoms with E-state index in [2.05, 4.69) is 18.6 Å². The molecule has 150 valence electrons. The van der Waals surface area contributed by atoms with Crippen LogP contribution in [0.25, 0.3) is 0 Å². The average Bonchev–Trinajstić information content (AvgIpc) is 2.56. The van der Waals surface area contributed by atoms with Crippen molar-refractivity contribution in [2.45, 2.75) is 84.5 Å². The molecule has 0 bridgehead atoms. The van der Waals surface area contributed by atoms with Crippen molar-refractivity contribution in [3.63, 3.8) is 0 Å². The summed E-state index contributed by atoms with van der Waals surface area (Å²) in [6, 6.07) is 0. The Morgan fingerprint density at radius 3 is 2.42 bits per heavy atom. The highest BCUT2D eigenvalue weighted by Gasteiger charge is 2.64. The fraction of sp³-hybridized carbons (Fsp3) is 0.857. The molecule has 2 aliphatic carbocycles. The molecule has 0 saturated heterocycles. The summed E-state index contributed by atoms with van der Waals surface area (Å²) in [7, 11) is 1.35. The summed E-state index contributed by atoms with van der Waals surface area (Å²) in [6.45, 7) is 10.0. The molecule has 6 atom stereocenters. The van der Waals surface area contributed by atoms with Gasteiger partial charge >= 0.3 is 5.97 Å². The number of esters is 1. The summed E-state index contributed by atoms with van der Waals surface area (Å²) in [5.74, 6) is -0.167. The second-order valence-electron chi connectivity index (χ2n) is 9.42. The standard InChI is InChI=1S/C21H36O5/c1-13(11-17(23)26-6)9-10-21(25)14(2)7-8-16-19(3,4)18(24)15(22)12-20(16,21)5/h11,14-16,18,22,24-25H,7-10,12H2,1-6H3/b13-11-/t14-,15-,16+,18-,20+,21+/m1/s1. The van der Waals surface area contributed by atoms with Crippen LogP contribution in [0.1, 0.15) is 66.7 Å². The molecule has 26 heavy (non-hydrogen) atoms. The molecule has 2 aliphatic rings. The first-order valence-electron chi connectivity index (χ1n) is 9.73. The molecule has 0 unspecified atom stereocenters. The molecule has 5 nitrogen and oxygen atoms in total. The normalized spacial score (nSPS) is 42.9. The number of carbonyl (C=O) groups is 1. The smallest absolute Gasteiger partial charge is 0.330 e. The van der Waals surface area contributed by atoms with Crippen molar-refractivity contribution in [3.8, 4) is 0 Å². The number of aliphatic hydroxyl groups is 3. The molecule has 0 aliphatic heterocycles. The lowest BCUT2D eigenvalue weighted by atomic mass is 9.43. The first-order chi connectivity index (χ1) is 11.9. The van der Waals surface area contributed by atoms with Crippen molar-refractivity contribution in [1.29, 1.82) is 0 Å². The zero-order valence-corrected chi connectivity index (χ0v) is 17.1. The van der Waals surface area contributed by atoms with Gasteiger partial charge in [0.05, 0.1) is 24.9 Å². The average molecular weight is 369 g/mol. The third-order valence-electron chi connectivity index (χ3n) is 7.59. The number of hydrogen-bond acceptors (Lipinski definition) is 5. The number of allylic oxidation sites excluding steroid dienone is 1. The summed E-state index contributed by atoms with van der Waals surface area (Å²) in [6.07, 6.45) is 3.20. The second-order valence-corrected chi connectivity index (χ2v) is 9.42. The van der Waals surface area contributed by atoms with Crippen LogP contribution in [0.3, 0.4) is 0 Å². The van der Waals surface area contributed by atoms with Crippen molar-refractivity contribution in [2.75, 3.05) is 7.11 Å². The lowest BCUT2D eigenvalue weighted by Crippen LogP contribution is -2.67. The molecule has 0 radical (unpaired) electrons. The van der Waals surface area contributed by atoms with E-state index in [9.17, 15) is 20.1 Å². The summed E-state index contributed by atoms with van der Waals surface area (Å²) < 4.78 is 4.68. The van der Waals surface area contributed by atoms with Gasteiger partial charge in [-0.2, -0.15) is 0 Å². The molecule has 0 aromatic carbocycles. The van der Waals surface area contributed by atoms with E-state index in [0.717, 1.165) is 18.4 Å². The quantitative estimate of drug-likeness (QED) is 0.525. The summed E-state index contributed by atoms with van der Waals surface area (Å²) >= 11 is 0. The molecule has 5 heteroatoms. The molecular formula is C21H36O5. The van der Waals surface area contributed by atoms with Gasteiger partial charge in [0.25, 0.3) is 0 Å². The largest absolute Gasteiger partial charge is 0.466 e. The van der Waals surface area contributed by atoms with Gasteiger partial charge in [0, 0.05) is 11.5 Å². The van der Waals surface area contributed by atoms with Crippen LogP contribution < -0.4 is 0 Å². The fourth-order valence-electron chi connectivity index (χ4n) is 5.85. The van der Waals surface area contributed by atoms with E-state index in [0.29, 0.717) is 19.3 Å². The zero-order chi connectivity index (χ0) is 19.9. The van der Waals surface area contributed by atoms with Gasteiger partial charge < -0.3 is 20.1 Å². The van der Waals surface area contributed by atoms with Crippen molar-refractivity contribution < 1.29 is 24.9 Å². The van der Waals surface area contributed by atoms with E-state index >= 15 is 0 Å². The van der Waals surface area contributed by atoms with Crippen molar-refractivity contribution >= 4 is 5.97 Å². The number of ether oxygens (including phenoxy) is 1. The van der Waals surface area contributed by atoms with Crippen LogP contribution in [0, 0.1) is 22.7 Å². The van der Waals surface area contributed by atoms with Crippen LogP contribution in [0.2, 0.25) is 0 Å². The molecule has 0 heterocycles. The Kier molecular flexibility index (Phi) is 5.96. The highest BCUT2D eigenvalue weighted by molar-refractivity contribution is 5.82.